The number of rotatable bonds is 6. The molecule has 7 heteroatoms. The summed E-state index contributed by atoms with van der Waals surface area (Å²) in [5.41, 5.74) is 2.44. The molecule has 1 fully saturated rings. The Morgan fingerprint density at radius 1 is 1.07 bits per heavy atom. The summed E-state index contributed by atoms with van der Waals surface area (Å²) >= 11 is 0. The van der Waals surface area contributed by atoms with Gasteiger partial charge in [0.15, 0.2) is 11.9 Å². The Balaban J connectivity index is 1.57. The molecule has 1 aromatic carbocycles. The van der Waals surface area contributed by atoms with E-state index in [2.05, 4.69) is 10.2 Å². The van der Waals surface area contributed by atoms with E-state index < -0.39 is 18.0 Å². The van der Waals surface area contributed by atoms with Gasteiger partial charge in [-0.05, 0) is 63.4 Å². The average molecular weight is 397 g/mol. The number of esters is 1. The summed E-state index contributed by atoms with van der Waals surface area (Å²) in [7, 11) is 1.65. The molecule has 154 valence electrons. The number of benzene rings is 1. The predicted octanol–water partition coefficient (Wildman–Crippen LogP) is 3.40. The largest absolute Gasteiger partial charge is 0.448 e. The fraction of sp³-hybridized carbons (Fsp3) is 0.409. The van der Waals surface area contributed by atoms with Crippen LogP contribution in [0.4, 0.5) is 11.4 Å². The lowest BCUT2D eigenvalue weighted by atomic mass is 10.1. The number of carbonyl (C=O) groups is 3. The third kappa shape index (κ3) is 5.04. The molecule has 1 aliphatic heterocycles. The van der Waals surface area contributed by atoms with Gasteiger partial charge in [0, 0.05) is 43.3 Å². The SMILES string of the molecule is CC(=O)c1cc(C(=O)O[C@H](C)C(=O)Nc2ccc(N3CCCCC3)cc2)n(C)c1. The summed E-state index contributed by atoms with van der Waals surface area (Å²) in [6, 6.07) is 9.16. The Morgan fingerprint density at radius 3 is 2.31 bits per heavy atom. The van der Waals surface area contributed by atoms with E-state index in [1.54, 1.807) is 13.2 Å². The molecule has 2 aromatic rings. The number of aromatic nitrogens is 1. The highest BCUT2D eigenvalue weighted by atomic mass is 16.5. The molecule has 0 unspecified atom stereocenters. The molecule has 0 radical (unpaired) electrons. The lowest BCUT2D eigenvalue weighted by Gasteiger charge is -2.28. The number of aryl methyl sites for hydroxylation is 1. The number of carbonyl (C=O) groups excluding carboxylic acids is 3. The van der Waals surface area contributed by atoms with E-state index in [-0.39, 0.29) is 11.5 Å². The van der Waals surface area contributed by atoms with E-state index in [9.17, 15) is 14.4 Å². The Morgan fingerprint density at radius 2 is 1.72 bits per heavy atom. The van der Waals surface area contributed by atoms with Crippen LogP contribution in [0.3, 0.4) is 0 Å². The van der Waals surface area contributed by atoms with Crippen molar-refractivity contribution >= 4 is 29.0 Å². The molecule has 0 aliphatic carbocycles. The Hall–Kier alpha value is -3.09. The van der Waals surface area contributed by atoms with Crippen LogP contribution in [0, 0.1) is 0 Å². The highest BCUT2D eigenvalue weighted by molar-refractivity contribution is 5.99. The van der Waals surface area contributed by atoms with Crippen molar-refractivity contribution in [2.75, 3.05) is 23.3 Å². The fourth-order valence-corrected chi connectivity index (χ4v) is 3.39. The Kier molecular flexibility index (Phi) is 6.36. The van der Waals surface area contributed by atoms with Crippen LogP contribution in [-0.2, 0) is 16.6 Å². The third-order valence-corrected chi connectivity index (χ3v) is 5.13. The van der Waals surface area contributed by atoms with Crippen LogP contribution in [0.15, 0.2) is 36.5 Å². The smallest absolute Gasteiger partial charge is 0.355 e. The van der Waals surface area contributed by atoms with Crippen LogP contribution in [-0.4, -0.2) is 41.4 Å². The molecular formula is C22H27N3O4. The maximum atomic E-state index is 12.4. The minimum atomic E-state index is -0.972. The van der Waals surface area contributed by atoms with E-state index >= 15 is 0 Å². The summed E-state index contributed by atoms with van der Waals surface area (Å²) in [4.78, 5) is 38.6. The van der Waals surface area contributed by atoms with Crippen molar-refractivity contribution in [1.29, 1.82) is 0 Å². The molecule has 1 aliphatic rings. The van der Waals surface area contributed by atoms with E-state index in [0.29, 0.717) is 11.3 Å². The second-order valence-corrected chi connectivity index (χ2v) is 7.41. The van der Waals surface area contributed by atoms with Crippen LogP contribution in [0.5, 0.6) is 0 Å². The number of nitrogens with zero attached hydrogens (tertiary/aromatic N) is 2. The molecule has 1 atom stereocenters. The van der Waals surface area contributed by atoms with Gasteiger partial charge in [-0.15, -0.1) is 0 Å². The van der Waals surface area contributed by atoms with E-state index in [0.717, 1.165) is 18.8 Å². The normalized spacial score (nSPS) is 14.9. The number of ketones is 1. The van der Waals surface area contributed by atoms with Crippen LogP contribution < -0.4 is 10.2 Å². The average Bonchev–Trinajstić information content (AvgIpc) is 3.11. The van der Waals surface area contributed by atoms with Crippen molar-refractivity contribution < 1.29 is 19.1 Å². The molecule has 29 heavy (non-hydrogen) atoms. The van der Waals surface area contributed by atoms with Crippen LogP contribution >= 0.6 is 0 Å². The summed E-state index contributed by atoms with van der Waals surface area (Å²) in [6.45, 7) is 5.06. The molecule has 1 saturated heterocycles. The molecule has 1 aromatic heterocycles. The Bertz CT molecular complexity index is 895. The number of ether oxygens (including phenoxy) is 1. The number of piperidine rings is 1. The first kappa shape index (κ1) is 20.6. The van der Waals surface area contributed by atoms with Crippen LogP contribution in [0.25, 0.3) is 0 Å². The van der Waals surface area contributed by atoms with Crippen molar-refractivity contribution in [3.8, 4) is 0 Å². The third-order valence-electron chi connectivity index (χ3n) is 5.13. The van der Waals surface area contributed by atoms with Gasteiger partial charge in [-0.2, -0.15) is 0 Å². The molecule has 0 saturated carbocycles. The van der Waals surface area contributed by atoms with Crippen LogP contribution in [0.2, 0.25) is 0 Å². The van der Waals surface area contributed by atoms with E-state index in [1.165, 1.54) is 43.7 Å². The van der Waals surface area contributed by atoms with Gasteiger partial charge in [0.2, 0.25) is 0 Å². The zero-order valence-electron chi connectivity index (χ0n) is 17.1. The summed E-state index contributed by atoms with van der Waals surface area (Å²) in [6.07, 6.45) is 4.28. The molecule has 2 heterocycles. The van der Waals surface area contributed by atoms with Crippen molar-refractivity contribution in [1.82, 2.24) is 4.57 Å². The topological polar surface area (TPSA) is 80.6 Å². The van der Waals surface area contributed by atoms with Crippen molar-refractivity contribution in [2.45, 2.75) is 39.2 Å². The Labute approximate surface area is 170 Å². The standard InChI is InChI=1S/C22H27N3O4/c1-15(26)17-13-20(24(3)14-17)22(28)29-16(2)21(27)23-18-7-9-19(10-8-18)25-11-5-4-6-12-25/h7-10,13-14,16H,4-6,11-12H2,1-3H3,(H,23,27)/t16-/m1/s1. The van der Waals surface area contributed by atoms with E-state index in [4.69, 9.17) is 4.74 Å². The zero-order valence-corrected chi connectivity index (χ0v) is 17.1. The molecule has 7 nitrogen and oxygen atoms in total. The van der Waals surface area contributed by atoms with Crippen molar-refractivity contribution in [2.24, 2.45) is 7.05 Å². The quantitative estimate of drug-likeness (QED) is 0.597. The molecule has 1 amide bonds. The second-order valence-electron chi connectivity index (χ2n) is 7.41. The first-order chi connectivity index (χ1) is 13.8. The molecule has 0 spiro atoms. The number of hydrogen-bond acceptors (Lipinski definition) is 5. The zero-order chi connectivity index (χ0) is 21.0. The van der Waals surface area contributed by atoms with Gasteiger partial charge < -0.3 is 19.5 Å². The predicted molar refractivity (Wildman–Crippen MR) is 111 cm³/mol. The number of anilines is 2. The van der Waals surface area contributed by atoms with Gasteiger partial charge in [-0.25, -0.2) is 4.79 Å². The van der Waals surface area contributed by atoms with Gasteiger partial charge in [-0.1, -0.05) is 0 Å². The highest BCUT2D eigenvalue weighted by Crippen LogP contribution is 2.22. The number of amides is 1. The maximum Gasteiger partial charge on any atom is 0.355 e. The first-order valence-corrected chi connectivity index (χ1v) is 9.89. The number of Topliss-reactive ketones (excluding diaryl/α,β-unsaturated/α-hetero) is 1. The van der Waals surface area contributed by atoms with Crippen molar-refractivity contribution in [3.63, 3.8) is 0 Å². The monoisotopic (exact) mass is 397 g/mol. The summed E-state index contributed by atoms with van der Waals surface area (Å²) < 4.78 is 6.79. The van der Waals surface area contributed by atoms with Crippen LogP contribution in [0.1, 0.15) is 54.0 Å². The second kappa shape index (κ2) is 8.94. The highest BCUT2D eigenvalue weighted by Gasteiger charge is 2.22. The number of hydrogen-bond donors (Lipinski definition) is 1. The van der Waals surface area contributed by atoms with E-state index in [1.807, 2.05) is 24.3 Å². The molecule has 3 rings (SSSR count). The molecular weight excluding hydrogens is 370 g/mol. The lowest BCUT2D eigenvalue weighted by molar-refractivity contribution is -0.123. The molecule has 0 bridgehead atoms. The van der Waals surface area contributed by atoms with Gasteiger partial charge in [-0.3, -0.25) is 9.59 Å². The number of nitrogens with one attached hydrogen (secondary N) is 1. The van der Waals surface area contributed by atoms with Gasteiger partial charge in [0.25, 0.3) is 5.91 Å². The van der Waals surface area contributed by atoms with Crippen molar-refractivity contribution in [3.05, 3.63) is 47.8 Å². The molecule has 1 N–H and O–H groups in total. The summed E-state index contributed by atoms with van der Waals surface area (Å²) in [5.74, 6) is -1.20. The minimum Gasteiger partial charge on any atom is -0.448 e. The van der Waals surface area contributed by atoms with Gasteiger partial charge in [0.1, 0.15) is 5.69 Å². The fourth-order valence-electron chi connectivity index (χ4n) is 3.39. The maximum absolute atomic E-state index is 12.4. The first-order valence-electron chi connectivity index (χ1n) is 9.89. The van der Waals surface area contributed by atoms with Gasteiger partial charge in [0.05, 0.1) is 0 Å². The summed E-state index contributed by atoms with van der Waals surface area (Å²) in [5, 5.41) is 2.77. The van der Waals surface area contributed by atoms with Gasteiger partial charge >= 0.3 is 5.97 Å². The minimum absolute atomic E-state index is 0.140. The lowest BCUT2D eigenvalue weighted by Crippen LogP contribution is -2.30.